The van der Waals surface area contributed by atoms with E-state index < -0.39 is 6.09 Å². The number of aryl methyl sites for hydroxylation is 1. The Morgan fingerprint density at radius 3 is 2.59 bits per heavy atom. The topological polar surface area (TPSA) is 102 Å². The van der Waals surface area contributed by atoms with Crippen LogP contribution in [0.3, 0.4) is 0 Å². The molecule has 8 nitrogen and oxygen atoms in total. The van der Waals surface area contributed by atoms with Gasteiger partial charge in [-0.05, 0) is 81.3 Å². The minimum absolute atomic E-state index is 0.0712. The van der Waals surface area contributed by atoms with Gasteiger partial charge in [0, 0.05) is 35.1 Å². The van der Waals surface area contributed by atoms with E-state index in [1.54, 1.807) is 6.20 Å². The lowest BCUT2D eigenvalue weighted by Gasteiger charge is -2.14. The van der Waals surface area contributed by atoms with Gasteiger partial charge in [-0.15, -0.1) is 0 Å². The van der Waals surface area contributed by atoms with E-state index in [0.717, 1.165) is 53.5 Å². The number of ether oxygens (including phenoxy) is 2. The molecular weight excluding hydrogens is 466 g/mol. The molecule has 2 heterocycles. The van der Waals surface area contributed by atoms with E-state index in [2.05, 4.69) is 25.9 Å². The lowest BCUT2D eigenvalue weighted by Crippen LogP contribution is -2.21. The van der Waals surface area contributed by atoms with Gasteiger partial charge in [-0.1, -0.05) is 12.1 Å². The van der Waals surface area contributed by atoms with Gasteiger partial charge in [0.05, 0.1) is 16.8 Å². The number of rotatable bonds is 7. The summed E-state index contributed by atoms with van der Waals surface area (Å²) in [6.07, 6.45) is 5.50. The first-order valence-corrected chi connectivity index (χ1v) is 12.6. The number of hydrogen-bond donors (Lipinski definition) is 1. The first kappa shape index (κ1) is 23.0. The van der Waals surface area contributed by atoms with Crippen LogP contribution < -0.4 is 10.1 Å². The number of carbonyl (C=O) groups is 1. The van der Waals surface area contributed by atoms with Crippen LogP contribution in [0.2, 0.25) is 0 Å². The Balaban J connectivity index is 1.32. The maximum Gasteiger partial charge on any atom is 0.411 e. The minimum atomic E-state index is -0.443. The van der Waals surface area contributed by atoms with Crippen molar-refractivity contribution in [3.8, 4) is 29.1 Å². The number of amides is 1. The molecule has 0 aliphatic heterocycles. The average Bonchev–Trinajstić information content (AvgIpc) is 3.81. The molecule has 2 aromatic carbocycles. The van der Waals surface area contributed by atoms with Gasteiger partial charge in [0.15, 0.2) is 0 Å². The van der Waals surface area contributed by atoms with E-state index in [1.807, 2.05) is 62.4 Å². The molecule has 0 bridgehead atoms. The molecule has 1 amide bonds. The van der Waals surface area contributed by atoms with Crippen molar-refractivity contribution in [1.82, 2.24) is 14.5 Å². The molecule has 6 rings (SSSR count). The zero-order valence-corrected chi connectivity index (χ0v) is 20.8. The Hall–Kier alpha value is -4.38. The van der Waals surface area contributed by atoms with Gasteiger partial charge in [-0.25, -0.2) is 14.8 Å². The van der Waals surface area contributed by atoms with E-state index in [-0.39, 0.29) is 12.1 Å². The summed E-state index contributed by atoms with van der Waals surface area (Å²) >= 11 is 0. The summed E-state index contributed by atoms with van der Waals surface area (Å²) in [5, 5.41) is 13.8. The molecule has 2 aromatic heterocycles. The number of hydrogen-bond acceptors (Lipinski definition) is 6. The summed E-state index contributed by atoms with van der Waals surface area (Å²) in [7, 11) is 0. The van der Waals surface area contributed by atoms with Crippen LogP contribution >= 0.6 is 0 Å². The second-order valence-corrected chi connectivity index (χ2v) is 9.85. The second kappa shape index (κ2) is 9.25. The van der Waals surface area contributed by atoms with Crippen LogP contribution in [0.4, 0.5) is 10.5 Å². The number of nitrogens with zero attached hydrogens (tertiary/aromatic N) is 4. The third-order valence-electron chi connectivity index (χ3n) is 6.96. The highest BCUT2D eigenvalue weighted by Crippen LogP contribution is 2.45. The van der Waals surface area contributed by atoms with Crippen LogP contribution in [0.5, 0.6) is 11.8 Å². The normalized spacial score (nSPS) is 15.7. The van der Waals surface area contributed by atoms with Gasteiger partial charge < -0.3 is 14.0 Å². The molecule has 2 saturated carbocycles. The number of benzene rings is 2. The number of nitrogens with one attached hydrogen (secondary N) is 1. The van der Waals surface area contributed by atoms with Gasteiger partial charge in [-0.3, -0.25) is 5.32 Å². The zero-order chi connectivity index (χ0) is 25.5. The van der Waals surface area contributed by atoms with Crippen LogP contribution in [-0.4, -0.2) is 26.7 Å². The number of carbonyl (C=O) groups excluding carboxylic acids is 1. The number of nitriles is 1. The first-order chi connectivity index (χ1) is 18.0. The molecule has 2 aliphatic rings. The lowest BCUT2D eigenvalue weighted by molar-refractivity contribution is 0.108. The van der Waals surface area contributed by atoms with Crippen molar-refractivity contribution in [3.63, 3.8) is 0 Å². The zero-order valence-electron chi connectivity index (χ0n) is 20.8. The molecule has 1 atom stereocenters. The number of aromatic nitrogens is 3. The van der Waals surface area contributed by atoms with Crippen molar-refractivity contribution in [2.24, 2.45) is 5.92 Å². The van der Waals surface area contributed by atoms with Crippen LogP contribution in [0, 0.1) is 24.2 Å². The maximum absolute atomic E-state index is 12.3. The quantitative estimate of drug-likeness (QED) is 0.305. The van der Waals surface area contributed by atoms with Crippen LogP contribution in [0.15, 0.2) is 54.7 Å². The van der Waals surface area contributed by atoms with Crippen molar-refractivity contribution in [2.75, 3.05) is 5.32 Å². The SMILES string of the molecule is Cc1ccnc(Oc2ccc3c(C#N)c(-c4ccc(NC(=O)O[C@H](C)C5CC5)cc4)n(C4CC4)c3c2)n1. The largest absolute Gasteiger partial charge is 0.446 e. The third kappa shape index (κ3) is 4.73. The van der Waals surface area contributed by atoms with Crippen LogP contribution in [-0.2, 0) is 4.74 Å². The Morgan fingerprint density at radius 1 is 1.14 bits per heavy atom. The molecule has 8 heteroatoms. The summed E-state index contributed by atoms with van der Waals surface area (Å²) in [6, 6.07) is 18.1. The van der Waals surface area contributed by atoms with Crippen molar-refractivity contribution < 1.29 is 14.3 Å². The molecule has 0 radical (unpaired) electrons. The molecule has 0 spiro atoms. The molecule has 2 aliphatic carbocycles. The smallest absolute Gasteiger partial charge is 0.411 e. The molecule has 1 N–H and O–H groups in total. The van der Waals surface area contributed by atoms with Crippen molar-refractivity contribution in [3.05, 3.63) is 66.0 Å². The molecule has 0 unspecified atom stereocenters. The van der Waals surface area contributed by atoms with E-state index in [1.165, 1.54) is 0 Å². The highest BCUT2D eigenvalue weighted by molar-refractivity contribution is 5.96. The molecule has 186 valence electrons. The first-order valence-electron chi connectivity index (χ1n) is 12.6. The highest BCUT2D eigenvalue weighted by atomic mass is 16.6. The van der Waals surface area contributed by atoms with Gasteiger partial charge in [0.1, 0.15) is 17.9 Å². The number of anilines is 1. The van der Waals surface area contributed by atoms with Gasteiger partial charge >= 0.3 is 12.1 Å². The van der Waals surface area contributed by atoms with Gasteiger partial charge in [0.25, 0.3) is 0 Å². The third-order valence-corrected chi connectivity index (χ3v) is 6.96. The summed E-state index contributed by atoms with van der Waals surface area (Å²) in [5.41, 5.74) is 4.83. The average molecular weight is 494 g/mol. The lowest BCUT2D eigenvalue weighted by atomic mass is 10.1. The highest BCUT2D eigenvalue weighted by Gasteiger charge is 2.32. The van der Waals surface area contributed by atoms with Crippen molar-refractivity contribution in [1.29, 1.82) is 5.26 Å². The summed E-state index contributed by atoms with van der Waals surface area (Å²) in [6.45, 7) is 3.82. The second-order valence-electron chi connectivity index (χ2n) is 9.85. The Kier molecular flexibility index (Phi) is 5.76. The van der Waals surface area contributed by atoms with Gasteiger partial charge in [0.2, 0.25) is 0 Å². The monoisotopic (exact) mass is 493 g/mol. The van der Waals surface area contributed by atoms with Crippen LogP contribution in [0.1, 0.15) is 49.9 Å². The van der Waals surface area contributed by atoms with Crippen LogP contribution in [0.25, 0.3) is 22.2 Å². The fraction of sp³-hybridized carbons (Fsp3) is 0.310. The van der Waals surface area contributed by atoms with Crippen molar-refractivity contribution >= 4 is 22.7 Å². The Bertz CT molecular complexity index is 1530. The maximum atomic E-state index is 12.3. The van der Waals surface area contributed by atoms with Gasteiger partial charge in [-0.2, -0.15) is 5.26 Å². The standard InChI is InChI=1S/C29H27N5O3/c1-17-13-14-31-28(32-17)37-23-11-12-24-25(16-30)27(34(22-9-10-22)26(24)15-23)20-5-7-21(8-6-20)33-29(35)36-18(2)19-3-4-19/h5-8,11-15,18-19,22H,3-4,9-10H2,1-2H3,(H,33,35)/t18-/m1/s1. The summed E-state index contributed by atoms with van der Waals surface area (Å²) in [5.74, 6) is 1.10. The predicted octanol–water partition coefficient (Wildman–Crippen LogP) is 6.75. The predicted molar refractivity (Wildman–Crippen MR) is 139 cm³/mol. The molecule has 4 aromatic rings. The van der Waals surface area contributed by atoms with E-state index in [0.29, 0.717) is 29.0 Å². The van der Waals surface area contributed by atoms with E-state index >= 15 is 0 Å². The van der Waals surface area contributed by atoms with E-state index in [4.69, 9.17) is 9.47 Å². The van der Waals surface area contributed by atoms with Crippen molar-refractivity contribution in [2.45, 2.75) is 51.7 Å². The fourth-order valence-electron chi connectivity index (χ4n) is 4.73. The summed E-state index contributed by atoms with van der Waals surface area (Å²) < 4.78 is 13.7. The minimum Gasteiger partial charge on any atom is -0.446 e. The Morgan fingerprint density at radius 2 is 1.92 bits per heavy atom. The number of fused-ring (bicyclic) bond motifs is 1. The molecule has 0 saturated heterocycles. The van der Waals surface area contributed by atoms with E-state index in [9.17, 15) is 10.1 Å². The summed E-state index contributed by atoms with van der Waals surface area (Å²) in [4.78, 5) is 20.8. The fourth-order valence-corrected chi connectivity index (χ4v) is 4.73. The molecule has 37 heavy (non-hydrogen) atoms. The Labute approximate surface area is 214 Å². The molecular formula is C29H27N5O3. The molecule has 2 fully saturated rings.